The minimum atomic E-state index is -4.03. The number of sulfonamides is 1. The normalized spacial score (nSPS) is 11.5. The van der Waals surface area contributed by atoms with Crippen LogP contribution in [0.2, 0.25) is 0 Å². The molecule has 0 saturated carbocycles. The fourth-order valence-electron chi connectivity index (χ4n) is 3.95. The largest absolute Gasteiger partial charge is 0.309 e. The summed E-state index contributed by atoms with van der Waals surface area (Å²) in [5, 5.41) is 0. The number of nitrogens with zero attached hydrogens (tertiary/aromatic N) is 4. The van der Waals surface area contributed by atoms with Gasteiger partial charge in [0, 0.05) is 38.2 Å². The van der Waals surface area contributed by atoms with Crippen LogP contribution in [0.3, 0.4) is 0 Å². The Morgan fingerprint density at radius 3 is 1.11 bits per heavy atom. The Morgan fingerprint density at radius 1 is 0.514 bits per heavy atom. The molecule has 4 rings (SSSR count). The van der Waals surface area contributed by atoms with Gasteiger partial charge in [0.2, 0.25) is 0 Å². The van der Waals surface area contributed by atoms with Crippen LogP contribution in [0.4, 0.5) is 17.1 Å². The molecule has 180 valence electrons. The maximum absolute atomic E-state index is 13.8. The van der Waals surface area contributed by atoms with Crippen LogP contribution in [-0.2, 0) is 10.0 Å². The molecule has 8 heteroatoms. The van der Waals surface area contributed by atoms with Gasteiger partial charge < -0.3 is 14.0 Å². The van der Waals surface area contributed by atoms with Crippen molar-refractivity contribution in [2.75, 3.05) is 35.2 Å². The molecule has 0 spiro atoms. The second-order valence-electron chi connectivity index (χ2n) is 7.98. The summed E-state index contributed by atoms with van der Waals surface area (Å²) >= 11 is 0. The summed E-state index contributed by atoms with van der Waals surface area (Å²) in [6.45, 7) is 0. The summed E-state index contributed by atoms with van der Waals surface area (Å²) < 4.78 is 38.5. The molecule has 0 N–H and O–H groups in total. The standard InChI is InChI=1S/C27H29N4O2PS/c1-29(24-16-8-4-9-17-24)34(30(2)25-18-10-5-11-19-25,31(3)26-20-12-6-13-21-26)28-35(32,33)27-22-14-7-15-23-27/h4-23H,1-3H3. The molecule has 0 bridgehead atoms. The van der Waals surface area contributed by atoms with Crippen molar-refractivity contribution in [2.45, 2.75) is 4.90 Å². The third kappa shape index (κ3) is 4.97. The lowest BCUT2D eigenvalue weighted by Gasteiger charge is -2.47. The van der Waals surface area contributed by atoms with Gasteiger partial charge in [0.25, 0.3) is 17.5 Å². The van der Waals surface area contributed by atoms with Gasteiger partial charge in [-0.25, -0.2) is 0 Å². The highest BCUT2D eigenvalue weighted by Gasteiger charge is 2.39. The maximum Gasteiger partial charge on any atom is 0.285 e. The Morgan fingerprint density at radius 2 is 0.800 bits per heavy atom. The van der Waals surface area contributed by atoms with E-state index in [9.17, 15) is 8.42 Å². The molecule has 6 nitrogen and oxygen atoms in total. The third-order valence-electron chi connectivity index (χ3n) is 5.86. The Labute approximate surface area is 208 Å². The smallest absolute Gasteiger partial charge is 0.285 e. The SMILES string of the molecule is CN(c1ccccc1)P(=NS(=O)(=O)c1ccccc1)(N(C)c1ccccc1)N(C)c1ccccc1. The van der Waals surface area contributed by atoms with Crippen molar-refractivity contribution in [3.63, 3.8) is 0 Å². The van der Waals surface area contributed by atoms with Crippen molar-refractivity contribution in [2.24, 2.45) is 4.15 Å². The van der Waals surface area contributed by atoms with Gasteiger partial charge in [0.15, 0.2) is 0 Å². The zero-order valence-corrected chi connectivity index (χ0v) is 21.7. The molecule has 0 unspecified atom stereocenters. The molecule has 0 fully saturated rings. The fourth-order valence-corrected chi connectivity index (χ4v) is 9.83. The summed E-state index contributed by atoms with van der Waals surface area (Å²) in [6, 6.07) is 37.7. The third-order valence-corrected chi connectivity index (χ3v) is 11.6. The van der Waals surface area contributed by atoms with E-state index in [1.165, 1.54) is 0 Å². The fraction of sp³-hybridized carbons (Fsp3) is 0.111. The lowest BCUT2D eigenvalue weighted by molar-refractivity contribution is 0.598. The van der Waals surface area contributed by atoms with Gasteiger partial charge >= 0.3 is 0 Å². The van der Waals surface area contributed by atoms with Gasteiger partial charge in [-0.1, -0.05) is 72.8 Å². The second kappa shape index (κ2) is 10.4. The first-order valence-electron chi connectivity index (χ1n) is 11.2. The first kappa shape index (κ1) is 24.6. The lowest BCUT2D eigenvalue weighted by Crippen LogP contribution is -2.37. The summed E-state index contributed by atoms with van der Waals surface area (Å²) in [4.78, 5) is 0.161. The zero-order valence-electron chi connectivity index (χ0n) is 20.0. The minimum absolute atomic E-state index is 0.161. The van der Waals surface area contributed by atoms with E-state index in [-0.39, 0.29) is 4.90 Å². The Hall–Kier alpha value is -3.54. The van der Waals surface area contributed by atoms with Crippen molar-refractivity contribution < 1.29 is 8.42 Å². The molecular weight excluding hydrogens is 475 g/mol. The maximum atomic E-state index is 13.8. The summed E-state index contributed by atoms with van der Waals surface area (Å²) in [7, 11) is -1.49. The van der Waals surface area contributed by atoms with E-state index in [4.69, 9.17) is 4.15 Å². The first-order chi connectivity index (χ1) is 16.9. The quantitative estimate of drug-likeness (QED) is 0.249. The van der Waals surface area contributed by atoms with E-state index >= 15 is 0 Å². The van der Waals surface area contributed by atoms with Crippen molar-refractivity contribution in [3.05, 3.63) is 121 Å². The van der Waals surface area contributed by atoms with Gasteiger partial charge in [-0.05, 0) is 48.5 Å². The van der Waals surface area contributed by atoms with Crippen LogP contribution in [0.5, 0.6) is 0 Å². The molecule has 4 aromatic carbocycles. The highest BCUT2D eigenvalue weighted by Crippen LogP contribution is 2.62. The van der Waals surface area contributed by atoms with Crippen molar-refractivity contribution in [1.29, 1.82) is 0 Å². The molecule has 0 saturated heterocycles. The van der Waals surface area contributed by atoms with Crippen LogP contribution in [-0.4, -0.2) is 29.6 Å². The highest BCUT2D eigenvalue weighted by atomic mass is 32.2. The van der Waals surface area contributed by atoms with Crippen LogP contribution < -0.4 is 14.0 Å². The van der Waals surface area contributed by atoms with E-state index in [1.807, 2.05) is 126 Å². The first-order valence-corrected chi connectivity index (χ1v) is 14.2. The average molecular weight is 505 g/mol. The predicted molar refractivity (Wildman–Crippen MR) is 148 cm³/mol. The molecule has 0 amide bonds. The number of rotatable bonds is 8. The Bertz CT molecular complexity index is 1280. The minimum Gasteiger partial charge on any atom is -0.309 e. The number of benzene rings is 4. The topological polar surface area (TPSA) is 56.2 Å². The highest BCUT2D eigenvalue weighted by molar-refractivity contribution is 7.95. The predicted octanol–water partition coefficient (Wildman–Crippen LogP) is 6.73. The molecule has 0 aliphatic heterocycles. The number of para-hydroxylation sites is 3. The van der Waals surface area contributed by atoms with Gasteiger partial charge in [-0.2, -0.15) is 8.42 Å². The molecule has 0 radical (unpaired) electrons. The van der Waals surface area contributed by atoms with Crippen LogP contribution in [0.1, 0.15) is 0 Å². The molecule has 35 heavy (non-hydrogen) atoms. The monoisotopic (exact) mass is 504 g/mol. The van der Waals surface area contributed by atoms with Crippen molar-refractivity contribution >= 4 is 34.6 Å². The molecule has 0 aliphatic rings. The number of hydrogen-bond donors (Lipinski definition) is 0. The van der Waals surface area contributed by atoms with Gasteiger partial charge in [-0.15, -0.1) is 4.15 Å². The van der Waals surface area contributed by atoms with Crippen molar-refractivity contribution in [3.8, 4) is 0 Å². The molecule has 4 aromatic rings. The van der Waals surface area contributed by atoms with Crippen LogP contribution >= 0.6 is 7.51 Å². The summed E-state index contributed by atoms with van der Waals surface area (Å²) in [5.74, 6) is 0. The van der Waals surface area contributed by atoms with E-state index in [2.05, 4.69) is 0 Å². The molecule has 0 atom stereocenters. The number of anilines is 3. The summed E-state index contributed by atoms with van der Waals surface area (Å²) in [6.07, 6.45) is 0. The lowest BCUT2D eigenvalue weighted by atomic mass is 10.3. The average Bonchev–Trinajstić information content (AvgIpc) is 2.92. The second-order valence-corrected chi connectivity index (χ2v) is 12.9. The molecular formula is C27H29N4O2PS. The van der Waals surface area contributed by atoms with E-state index < -0.39 is 17.5 Å². The number of hydrogen-bond acceptors (Lipinski definition) is 2. The Balaban J connectivity index is 2.08. The van der Waals surface area contributed by atoms with Crippen LogP contribution in [0, 0.1) is 0 Å². The van der Waals surface area contributed by atoms with Crippen molar-refractivity contribution in [1.82, 2.24) is 0 Å². The molecule has 0 aliphatic carbocycles. The molecule has 0 heterocycles. The van der Waals surface area contributed by atoms with E-state index in [1.54, 1.807) is 30.3 Å². The van der Waals surface area contributed by atoms with Gasteiger partial charge in [0.05, 0.1) is 4.90 Å². The van der Waals surface area contributed by atoms with Crippen LogP contribution in [0.15, 0.2) is 130 Å². The van der Waals surface area contributed by atoms with Gasteiger partial charge in [-0.3, -0.25) is 0 Å². The molecule has 0 aromatic heterocycles. The summed E-state index contributed by atoms with van der Waals surface area (Å²) in [5.41, 5.74) is 2.58. The van der Waals surface area contributed by atoms with E-state index in [0.29, 0.717) is 0 Å². The zero-order chi connectivity index (χ0) is 24.9. The Kier molecular flexibility index (Phi) is 7.29. The van der Waals surface area contributed by atoms with E-state index in [0.717, 1.165) is 17.1 Å². The van der Waals surface area contributed by atoms with Gasteiger partial charge in [0.1, 0.15) is 0 Å². The van der Waals surface area contributed by atoms with Crippen LogP contribution in [0.25, 0.3) is 0 Å².